The standard InChI is InChI=1S/C11H14ClNO2/c12-6-7-15-11(14)8-10(13)9-4-2-1-3-5-9/h1-5,10H,6-8,13H2. The van der Waals surface area contributed by atoms with Crippen LogP contribution in [0.25, 0.3) is 0 Å². The third-order valence-electron chi connectivity index (χ3n) is 1.95. The maximum absolute atomic E-state index is 11.2. The van der Waals surface area contributed by atoms with Crippen LogP contribution in [0.1, 0.15) is 18.0 Å². The molecule has 0 saturated carbocycles. The van der Waals surface area contributed by atoms with E-state index in [4.69, 9.17) is 22.1 Å². The van der Waals surface area contributed by atoms with Gasteiger partial charge in [-0.3, -0.25) is 4.79 Å². The molecule has 0 fully saturated rings. The monoisotopic (exact) mass is 227 g/mol. The number of carbonyl (C=O) groups is 1. The second kappa shape index (κ2) is 6.43. The van der Waals surface area contributed by atoms with Gasteiger partial charge in [-0.15, -0.1) is 11.6 Å². The molecule has 1 unspecified atom stereocenters. The van der Waals surface area contributed by atoms with E-state index in [9.17, 15) is 4.79 Å². The first-order chi connectivity index (χ1) is 7.24. The molecular formula is C11H14ClNO2. The minimum atomic E-state index is -0.313. The number of nitrogens with two attached hydrogens (primary N) is 1. The average molecular weight is 228 g/mol. The van der Waals surface area contributed by atoms with E-state index in [1.54, 1.807) is 0 Å². The Morgan fingerprint density at radius 1 is 1.40 bits per heavy atom. The van der Waals surface area contributed by atoms with Gasteiger partial charge in [0.2, 0.25) is 0 Å². The van der Waals surface area contributed by atoms with E-state index in [1.807, 2.05) is 30.3 Å². The van der Waals surface area contributed by atoms with Crippen LogP contribution in [0, 0.1) is 0 Å². The molecule has 0 amide bonds. The first-order valence-corrected chi connectivity index (χ1v) is 5.29. The maximum atomic E-state index is 11.2. The molecule has 0 aromatic heterocycles. The smallest absolute Gasteiger partial charge is 0.307 e. The highest BCUT2D eigenvalue weighted by Gasteiger charge is 2.11. The van der Waals surface area contributed by atoms with Gasteiger partial charge in [0.1, 0.15) is 6.61 Å². The van der Waals surface area contributed by atoms with Crippen LogP contribution in [0.4, 0.5) is 0 Å². The van der Waals surface area contributed by atoms with E-state index in [1.165, 1.54) is 0 Å². The van der Waals surface area contributed by atoms with E-state index in [0.717, 1.165) is 5.56 Å². The minimum absolute atomic E-state index is 0.181. The van der Waals surface area contributed by atoms with Crippen LogP contribution < -0.4 is 5.73 Å². The maximum Gasteiger partial charge on any atom is 0.307 e. The molecule has 0 bridgehead atoms. The second-order valence-electron chi connectivity index (χ2n) is 3.13. The summed E-state index contributed by atoms with van der Waals surface area (Å²) in [6.07, 6.45) is 0.181. The van der Waals surface area contributed by atoms with E-state index in [2.05, 4.69) is 0 Å². The van der Waals surface area contributed by atoms with Gasteiger partial charge in [-0.2, -0.15) is 0 Å². The summed E-state index contributed by atoms with van der Waals surface area (Å²) in [4.78, 5) is 11.2. The Morgan fingerprint density at radius 2 is 2.07 bits per heavy atom. The molecule has 2 N–H and O–H groups in total. The van der Waals surface area contributed by atoms with Crippen LogP contribution in [0.5, 0.6) is 0 Å². The summed E-state index contributed by atoms with van der Waals surface area (Å²) >= 11 is 5.39. The van der Waals surface area contributed by atoms with Crippen molar-refractivity contribution in [3.8, 4) is 0 Å². The lowest BCUT2D eigenvalue weighted by atomic mass is 10.1. The fraction of sp³-hybridized carbons (Fsp3) is 0.364. The normalized spacial score (nSPS) is 12.1. The highest BCUT2D eigenvalue weighted by Crippen LogP contribution is 2.13. The van der Waals surface area contributed by atoms with Crippen LogP contribution in [-0.4, -0.2) is 18.5 Å². The summed E-state index contributed by atoms with van der Waals surface area (Å²) in [6.45, 7) is 0.238. The van der Waals surface area contributed by atoms with Crippen molar-refractivity contribution in [2.75, 3.05) is 12.5 Å². The molecule has 4 heteroatoms. The molecule has 0 spiro atoms. The molecule has 1 atom stereocenters. The summed E-state index contributed by atoms with van der Waals surface area (Å²) in [6, 6.07) is 9.15. The number of alkyl halides is 1. The first-order valence-electron chi connectivity index (χ1n) is 4.76. The predicted molar refractivity (Wildman–Crippen MR) is 59.7 cm³/mol. The number of hydrogen-bond donors (Lipinski definition) is 1. The van der Waals surface area contributed by atoms with E-state index < -0.39 is 0 Å². The van der Waals surface area contributed by atoms with Gasteiger partial charge in [0.25, 0.3) is 0 Å². The predicted octanol–water partition coefficient (Wildman–Crippen LogP) is 1.86. The van der Waals surface area contributed by atoms with Crippen LogP contribution in [-0.2, 0) is 9.53 Å². The Hall–Kier alpha value is -1.06. The zero-order chi connectivity index (χ0) is 11.1. The van der Waals surface area contributed by atoms with Gasteiger partial charge in [0, 0.05) is 6.04 Å². The lowest BCUT2D eigenvalue weighted by Crippen LogP contribution is -2.17. The summed E-state index contributed by atoms with van der Waals surface area (Å²) in [5.74, 6) is -0.00114. The molecule has 82 valence electrons. The molecule has 15 heavy (non-hydrogen) atoms. The third-order valence-corrected chi connectivity index (χ3v) is 2.11. The minimum Gasteiger partial charge on any atom is -0.464 e. The van der Waals surface area contributed by atoms with E-state index in [-0.39, 0.29) is 25.0 Å². The van der Waals surface area contributed by atoms with Crippen molar-refractivity contribution in [2.45, 2.75) is 12.5 Å². The Labute approximate surface area is 94.2 Å². The fourth-order valence-corrected chi connectivity index (χ4v) is 1.29. The SMILES string of the molecule is NC(CC(=O)OCCCl)c1ccccc1. The molecular weight excluding hydrogens is 214 g/mol. The zero-order valence-corrected chi connectivity index (χ0v) is 9.11. The van der Waals surface area contributed by atoms with Gasteiger partial charge in [-0.1, -0.05) is 30.3 Å². The second-order valence-corrected chi connectivity index (χ2v) is 3.51. The molecule has 0 saturated heterocycles. The van der Waals surface area contributed by atoms with Crippen molar-refractivity contribution in [1.82, 2.24) is 0 Å². The van der Waals surface area contributed by atoms with Crippen LogP contribution in [0.2, 0.25) is 0 Å². The van der Waals surface area contributed by atoms with Crippen LogP contribution >= 0.6 is 11.6 Å². The molecule has 3 nitrogen and oxygen atoms in total. The fourth-order valence-electron chi connectivity index (χ4n) is 1.21. The number of carbonyl (C=O) groups excluding carboxylic acids is 1. The molecule has 0 aliphatic carbocycles. The van der Waals surface area contributed by atoms with Crippen molar-refractivity contribution in [2.24, 2.45) is 5.73 Å². The highest BCUT2D eigenvalue weighted by atomic mass is 35.5. The number of benzene rings is 1. The van der Waals surface area contributed by atoms with Gasteiger partial charge in [0.05, 0.1) is 12.3 Å². The molecule has 0 radical (unpaired) electrons. The molecule has 1 aromatic carbocycles. The van der Waals surface area contributed by atoms with Gasteiger partial charge in [0.15, 0.2) is 0 Å². The van der Waals surface area contributed by atoms with Crippen LogP contribution in [0.15, 0.2) is 30.3 Å². The van der Waals surface area contributed by atoms with Crippen molar-refractivity contribution in [1.29, 1.82) is 0 Å². The van der Waals surface area contributed by atoms with E-state index in [0.29, 0.717) is 5.88 Å². The Morgan fingerprint density at radius 3 is 2.67 bits per heavy atom. The summed E-state index contributed by atoms with van der Waals surface area (Å²) in [5.41, 5.74) is 6.76. The van der Waals surface area contributed by atoms with Crippen molar-refractivity contribution >= 4 is 17.6 Å². The lowest BCUT2D eigenvalue weighted by Gasteiger charge is -2.10. The van der Waals surface area contributed by atoms with Crippen LogP contribution in [0.3, 0.4) is 0 Å². The summed E-state index contributed by atoms with van der Waals surface area (Å²) < 4.78 is 4.83. The molecule has 1 aromatic rings. The van der Waals surface area contributed by atoms with Crippen molar-refractivity contribution in [3.63, 3.8) is 0 Å². The number of ether oxygens (including phenoxy) is 1. The van der Waals surface area contributed by atoms with Gasteiger partial charge in [-0.05, 0) is 5.56 Å². The quantitative estimate of drug-likeness (QED) is 0.617. The lowest BCUT2D eigenvalue weighted by molar-refractivity contribution is -0.143. The van der Waals surface area contributed by atoms with Crippen molar-refractivity contribution < 1.29 is 9.53 Å². The molecule has 0 aliphatic rings. The largest absolute Gasteiger partial charge is 0.464 e. The molecule has 0 heterocycles. The third kappa shape index (κ3) is 4.32. The topological polar surface area (TPSA) is 52.3 Å². The number of hydrogen-bond acceptors (Lipinski definition) is 3. The van der Waals surface area contributed by atoms with Crippen molar-refractivity contribution in [3.05, 3.63) is 35.9 Å². The molecule has 0 aliphatic heterocycles. The first kappa shape index (κ1) is 12.0. The Bertz CT molecular complexity index is 303. The Balaban J connectivity index is 2.42. The molecule has 1 rings (SSSR count). The zero-order valence-electron chi connectivity index (χ0n) is 8.36. The van der Waals surface area contributed by atoms with E-state index >= 15 is 0 Å². The number of rotatable bonds is 5. The highest BCUT2D eigenvalue weighted by molar-refractivity contribution is 6.18. The van der Waals surface area contributed by atoms with Gasteiger partial charge < -0.3 is 10.5 Å². The summed E-state index contributed by atoms with van der Waals surface area (Å²) in [7, 11) is 0. The van der Waals surface area contributed by atoms with Gasteiger partial charge >= 0.3 is 5.97 Å². The summed E-state index contributed by atoms with van der Waals surface area (Å²) in [5, 5.41) is 0. The number of halogens is 1. The number of esters is 1. The Kier molecular flexibility index (Phi) is 5.15. The average Bonchev–Trinajstić information content (AvgIpc) is 2.27. The van der Waals surface area contributed by atoms with Gasteiger partial charge in [-0.25, -0.2) is 0 Å².